The maximum absolute atomic E-state index is 11.8. The van der Waals surface area contributed by atoms with E-state index < -0.39 is 16.2 Å². The average Bonchev–Trinajstić information content (AvgIpc) is 2.26. The molecule has 1 aliphatic heterocycles. The summed E-state index contributed by atoms with van der Waals surface area (Å²) in [5.74, 6) is -1.03. The Morgan fingerprint density at radius 1 is 1.47 bits per heavy atom. The Balaban J connectivity index is 2.45. The minimum Gasteiger partial charge on any atom is -0.481 e. The van der Waals surface area contributed by atoms with Gasteiger partial charge in [-0.05, 0) is 0 Å². The number of rotatable bonds is 6. The van der Waals surface area contributed by atoms with Crippen molar-refractivity contribution >= 4 is 16.2 Å². The fourth-order valence-corrected chi connectivity index (χ4v) is 2.24. The zero-order valence-corrected chi connectivity index (χ0v) is 10.4. The number of hydrogen-bond donors (Lipinski definition) is 2. The van der Waals surface area contributed by atoms with Crippen molar-refractivity contribution in [2.75, 3.05) is 39.9 Å². The van der Waals surface area contributed by atoms with E-state index in [1.165, 1.54) is 12.1 Å². The molecule has 0 aromatic heterocycles. The van der Waals surface area contributed by atoms with Crippen LogP contribution in [-0.2, 0) is 19.7 Å². The zero-order valence-electron chi connectivity index (χ0n) is 9.63. The molecule has 0 amide bonds. The van der Waals surface area contributed by atoms with Crippen LogP contribution in [0.2, 0.25) is 0 Å². The molecular weight excluding hydrogens is 250 g/mol. The Morgan fingerprint density at radius 3 is 2.59 bits per heavy atom. The van der Waals surface area contributed by atoms with Crippen molar-refractivity contribution in [1.29, 1.82) is 0 Å². The highest BCUT2D eigenvalue weighted by molar-refractivity contribution is 7.87. The highest BCUT2D eigenvalue weighted by Gasteiger charge is 2.22. The molecule has 2 N–H and O–H groups in total. The van der Waals surface area contributed by atoms with Gasteiger partial charge in [0, 0.05) is 26.7 Å². The molecule has 9 heteroatoms. The maximum atomic E-state index is 11.8. The van der Waals surface area contributed by atoms with Crippen molar-refractivity contribution in [3.63, 3.8) is 0 Å². The smallest absolute Gasteiger partial charge is 0.304 e. The number of carboxylic acid groups (broad SMARTS) is 1. The molecule has 100 valence electrons. The van der Waals surface area contributed by atoms with Crippen LogP contribution in [0.3, 0.4) is 0 Å². The Bertz CT molecular complexity index is 352. The summed E-state index contributed by atoms with van der Waals surface area (Å²) < 4.78 is 29.6. The molecule has 17 heavy (non-hydrogen) atoms. The summed E-state index contributed by atoms with van der Waals surface area (Å²) in [5, 5.41) is 10.0. The van der Waals surface area contributed by atoms with Crippen LogP contribution in [0.1, 0.15) is 6.42 Å². The maximum Gasteiger partial charge on any atom is 0.304 e. The van der Waals surface area contributed by atoms with Crippen LogP contribution in [0, 0.1) is 0 Å². The Kier molecular flexibility index (Phi) is 5.28. The minimum absolute atomic E-state index is 0.0605. The number of aliphatic carboxylic acids is 1. The van der Waals surface area contributed by atoms with Crippen molar-refractivity contribution < 1.29 is 23.1 Å². The zero-order chi connectivity index (χ0) is 12.9. The van der Waals surface area contributed by atoms with E-state index in [0.29, 0.717) is 26.3 Å². The van der Waals surface area contributed by atoms with Crippen molar-refractivity contribution in [3.8, 4) is 0 Å². The predicted molar refractivity (Wildman–Crippen MR) is 59.3 cm³/mol. The van der Waals surface area contributed by atoms with Gasteiger partial charge in [-0.3, -0.25) is 4.79 Å². The van der Waals surface area contributed by atoms with Crippen molar-refractivity contribution in [3.05, 3.63) is 0 Å². The Labute approximate surface area is 100 Å². The first-order valence-electron chi connectivity index (χ1n) is 5.20. The second-order valence-corrected chi connectivity index (χ2v) is 5.42. The molecule has 0 atom stereocenters. The standard InChI is InChI=1S/C8H17N3O5S/c1-10(3-2-8(12)13)17(14,15)9-11-4-6-16-7-5-11/h9H,2-7H2,1H3,(H,12,13). The van der Waals surface area contributed by atoms with Crippen molar-refractivity contribution in [2.24, 2.45) is 0 Å². The van der Waals surface area contributed by atoms with E-state index in [0.717, 1.165) is 4.31 Å². The van der Waals surface area contributed by atoms with E-state index in [1.807, 2.05) is 0 Å². The van der Waals surface area contributed by atoms with Crippen LogP contribution in [0.15, 0.2) is 0 Å². The summed E-state index contributed by atoms with van der Waals surface area (Å²) in [6.07, 6.45) is -0.222. The number of hydrogen-bond acceptors (Lipinski definition) is 5. The van der Waals surface area contributed by atoms with Crippen LogP contribution in [0.25, 0.3) is 0 Å². The summed E-state index contributed by atoms with van der Waals surface area (Å²) >= 11 is 0. The van der Waals surface area contributed by atoms with Gasteiger partial charge in [0.15, 0.2) is 0 Å². The first-order chi connectivity index (χ1) is 7.92. The van der Waals surface area contributed by atoms with E-state index >= 15 is 0 Å². The Morgan fingerprint density at radius 2 is 2.06 bits per heavy atom. The van der Waals surface area contributed by atoms with E-state index in [4.69, 9.17) is 9.84 Å². The summed E-state index contributed by atoms with van der Waals surface area (Å²) in [6, 6.07) is 0. The SMILES string of the molecule is CN(CCC(=O)O)S(=O)(=O)NN1CCOCC1. The molecule has 0 saturated carbocycles. The van der Waals surface area contributed by atoms with Gasteiger partial charge in [-0.15, -0.1) is 4.83 Å². The molecule has 0 aromatic rings. The molecule has 0 aliphatic carbocycles. The van der Waals surface area contributed by atoms with Crippen LogP contribution < -0.4 is 4.83 Å². The lowest BCUT2D eigenvalue weighted by atomic mass is 10.4. The van der Waals surface area contributed by atoms with E-state index in [-0.39, 0.29) is 13.0 Å². The molecule has 8 nitrogen and oxygen atoms in total. The molecule has 0 spiro atoms. The number of ether oxygens (including phenoxy) is 1. The molecular formula is C8H17N3O5S. The monoisotopic (exact) mass is 267 g/mol. The topological polar surface area (TPSA) is 99.2 Å². The highest BCUT2D eigenvalue weighted by Crippen LogP contribution is 2.00. The minimum atomic E-state index is -3.67. The lowest BCUT2D eigenvalue weighted by molar-refractivity contribution is -0.137. The molecule has 0 radical (unpaired) electrons. The second-order valence-electron chi connectivity index (χ2n) is 3.66. The summed E-state index contributed by atoms with van der Waals surface area (Å²) in [4.78, 5) is 12.7. The first-order valence-corrected chi connectivity index (χ1v) is 6.64. The summed E-state index contributed by atoms with van der Waals surface area (Å²) in [6.45, 7) is 1.84. The number of hydrazine groups is 1. The van der Waals surface area contributed by atoms with Gasteiger partial charge in [0.05, 0.1) is 19.6 Å². The van der Waals surface area contributed by atoms with Gasteiger partial charge in [-0.25, -0.2) is 5.01 Å². The largest absolute Gasteiger partial charge is 0.481 e. The van der Waals surface area contributed by atoms with E-state index in [1.54, 1.807) is 0 Å². The second kappa shape index (κ2) is 6.26. The third-order valence-corrected chi connectivity index (χ3v) is 3.80. The fourth-order valence-electron chi connectivity index (χ4n) is 1.26. The summed E-state index contributed by atoms with van der Waals surface area (Å²) in [5.41, 5.74) is 0. The van der Waals surface area contributed by atoms with Crippen LogP contribution in [-0.4, -0.2) is 68.7 Å². The van der Waals surface area contributed by atoms with Crippen LogP contribution >= 0.6 is 0 Å². The highest BCUT2D eigenvalue weighted by atomic mass is 32.2. The molecule has 1 saturated heterocycles. The van der Waals surface area contributed by atoms with Gasteiger partial charge >= 0.3 is 5.97 Å². The molecule has 0 unspecified atom stereocenters. The molecule has 1 rings (SSSR count). The van der Waals surface area contributed by atoms with Gasteiger partial charge in [0.25, 0.3) is 10.2 Å². The normalized spacial score (nSPS) is 18.5. The van der Waals surface area contributed by atoms with Gasteiger partial charge in [-0.2, -0.15) is 12.7 Å². The van der Waals surface area contributed by atoms with Gasteiger partial charge in [-0.1, -0.05) is 0 Å². The molecule has 0 bridgehead atoms. The summed E-state index contributed by atoms with van der Waals surface area (Å²) in [7, 11) is -2.33. The lowest BCUT2D eigenvalue weighted by Gasteiger charge is -2.28. The molecule has 1 heterocycles. The van der Waals surface area contributed by atoms with Crippen LogP contribution in [0.4, 0.5) is 0 Å². The third-order valence-electron chi connectivity index (χ3n) is 2.31. The van der Waals surface area contributed by atoms with E-state index in [9.17, 15) is 13.2 Å². The predicted octanol–water partition coefficient (Wildman–Crippen LogP) is -1.53. The first kappa shape index (κ1) is 14.3. The lowest BCUT2D eigenvalue weighted by Crippen LogP contribution is -2.52. The van der Waals surface area contributed by atoms with E-state index in [2.05, 4.69) is 4.83 Å². The number of nitrogens with zero attached hydrogens (tertiary/aromatic N) is 2. The molecule has 1 aliphatic rings. The van der Waals surface area contributed by atoms with Gasteiger partial charge in [0.1, 0.15) is 0 Å². The van der Waals surface area contributed by atoms with Crippen molar-refractivity contribution in [2.45, 2.75) is 6.42 Å². The van der Waals surface area contributed by atoms with Gasteiger partial charge in [0.2, 0.25) is 0 Å². The Hall–Kier alpha value is -0.740. The van der Waals surface area contributed by atoms with Gasteiger partial charge < -0.3 is 9.84 Å². The number of carbonyl (C=O) groups is 1. The molecule has 0 aromatic carbocycles. The number of morpholine rings is 1. The quantitative estimate of drug-likeness (QED) is 0.606. The number of carboxylic acids is 1. The molecule has 1 fully saturated rings. The average molecular weight is 267 g/mol. The number of nitrogens with one attached hydrogen (secondary N) is 1. The van der Waals surface area contributed by atoms with Crippen molar-refractivity contribution in [1.82, 2.24) is 14.1 Å². The van der Waals surface area contributed by atoms with Crippen LogP contribution in [0.5, 0.6) is 0 Å². The fraction of sp³-hybridized carbons (Fsp3) is 0.875. The third kappa shape index (κ3) is 4.96.